The van der Waals surface area contributed by atoms with Gasteiger partial charge in [-0.25, -0.2) is 0 Å². The van der Waals surface area contributed by atoms with E-state index >= 15 is 0 Å². The molecule has 8 nitrogen and oxygen atoms in total. The second-order valence-corrected chi connectivity index (χ2v) is 7.47. The fourth-order valence-corrected chi connectivity index (χ4v) is 3.78. The van der Waals surface area contributed by atoms with Crippen molar-refractivity contribution in [3.8, 4) is 0 Å². The Hall–Kier alpha value is -3.16. The van der Waals surface area contributed by atoms with Crippen molar-refractivity contribution >= 4 is 29.0 Å². The third-order valence-corrected chi connectivity index (χ3v) is 5.51. The molecule has 152 valence electrons. The Morgan fingerprint density at radius 1 is 0.828 bits per heavy atom. The lowest BCUT2D eigenvalue weighted by molar-refractivity contribution is -0.130. The molecule has 0 bridgehead atoms. The summed E-state index contributed by atoms with van der Waals surface area (Å²) in [6, 6.07) is 11.7. The van der Waals surface area contributed by atoms with E-state index in [4.69, 9.17) is 0 Å². The predicted octanol–water partition coefficient (Wildman–Crippen LogP) is 2.12. The van der Waals surface area contributed by atoms with Crippen molar-refractivity contribution in [1.82, 2.24) is 20.0 Å². The van der Waals surface area contributed by atoms with Crippen LogP contribution in [0.2, 0.25) is 0 Å². The zero-order valence-electron chi connectivity index (χ0n) is 16.7. The van der Waals surface area contributed by atoms with Crippen LogP contribution in [-0.4, -0.2) is 71.1 Å². The number of hydrogen-bond donors (Lipinski definition) is 1. The van der Waals surface area contributed by atoms with Crippen molar-refractivity contribution < 1.29 is 9.59 Å². The number of benzene rings is 1. The second kappa shape index (κ2) is 8.46. The quantitative estimate of drug-likeness (QED) is 0.856. The molecule has 2 aromatic rings. The maximum absolute atomic E-state index is 12.6. The lowest BCUT2D eigenvalue weighted by Gasteiger charge is -2.33. The van der Waals surface area contributed by atoms with Gasteiger partial charge >= 0.3 is 0 Å². The van der Waals surface area contributed by atoms with Crippen molar-refractivity contribution in [1.29, 1.82) is 0 Å². The minimum absolute atomic E-state index is 0.0424. The van der Waals surface area contributed by atoms with Crippen molar-refractivity contribution in [2.75, 3.05) is 49.5 Å². The summed E-state index contributed by atoms with van der Waals surface area (Å²) in [4.78, 5) is 29.9. The third kappa shape index (κ3) is 4.47. The lowest BCUT2D eigenvalue weighted by Crippen LogP contribution is -2.50. The van der Waals surface area contributed by atoms with Gasteiger partial charge in [-0.2, -0.15) is 0 Å². The molecule has 1 aromatic heterocycles. The van der Waals surface area contributed by atoms with E-state index < -0.39 is 0 Å². The minimum Gasteiger partial charge on any atom is -0.372 e. The Morgan fingerprint density at radius 2 is 1.48 bits per heavy atom. The molecule has 0 unspecified atom stereocenters. The molecule has 0 spiro atoms. The van der Waals surface area contributed by atoms with Crippen molar-refractivity contribution in [3.63, 3.8) is 0 Å². The van der Waals surface area contributed by atoms with Crippen LogP contribution in [0.15, 0.2) is 36.4 Å². The standard InChI is InChI=1S/C21H26N6O2/c1-16(28)25-12-14-27(15-13-25)21(29)19-8-9-20(24-23-19)22-17-4-6-18(7-5-17)26-10-2-3-11-26/h4-9H,2-3,10-15H2,1H3,(H,22,24). The van der Waals surface area contributed by atoms with Gasteiger partial charge in [0.1, 0.15) is 0 Å². The number of hydrogen-bond acceptors (Lipinski definition) is 6. The number of aromatic nitrogens is 2. The highest BCUT2D eigenvalue weighted by Crippen LogP contribution is 2.23. The SMILES string of the molecule is CC(=O)N1CCN(C(=O)c2ccc(Nc3ccc(N4CCCC4)cc3)nn2)CC1. The molecule has 0 atom stereocenters. The first-order valence-electron chi connectivity index (χ1n) is 10.1. The minimum atomic E-state index is -0.151. The van der Waals surface area contributed by atoms with E-state index in [1.807, 2.05) is 12.1 Å². The summed E-state index contributed by atoms with van der Waals surface area (Å²) in [7, 11) is 0. The van der Waals surface area contributed by atoms with Gasteiger partial charge in [0.05, 0.1) is 0 Å². The Kier molecular flexibility index (Phi) is 5.59. The number of nitrogens with zero attached hydrogens (tertiary/aromatic N) is 5. The number of rotatable bonds is 4. The highest BCUT2D eigenvalue weighted by Gasteiger charge is 2.24. The monoisotopic (exact) mass is 394 g/mol. The van der Waals surface area contributed by atoms with Crippen LogP contribution >= 0.6 is 0 Å². The van der Waals surface area contributed by atoms with Gasteiger partial charge in [0, 0.05) is 57.6 Å². The topological polar surface area (TPSA) is 81.7 Å². The number of piperazine rings is 1. The molecule has 0 radical (unpaired) electrons. The van der Waals surface area contributed by atoms with E-state index in [1.165, 1.54) is 18.5 Å². The molecular formula is C21H26N6O2. The fourth-order valence-electron chi connectivity index (χ4n) is 3.78. The summed E-state index contributed by atoms with van der Waals surface area (Å²) < 4.78 is 0. The van der Waals surface area contributed by atoms with E-state index in [1.54, 1.807) is 28.9 Å². The second-order valence-electron chi connectivity index (χ2n) is 7.47. The van der Waals surface area contributed by atoms with Gasteiger partial charge in [0.2, 0.25) is 5.91 Å². The zero-order valence-corrected chi connectivity index (χ0v) is 16.7. The lowest BCUT2D eigenvalue weighted by atomic mass is 10.2. The molecule has 2 saturated heterocycles. The summed E-state index contributed by atoms with van der Waals surface area (Å²) in [6.45, 7) is 5.94. The molecule has 2 aliphatic rings. The van der Waals surface area contributed by atoms with Crippen molar-refractivity contribution in [2.45, 2.75) is 19.8 Å². The molecule has 2 aliphatic heterocycles. The van der Waals surface area contributed by atoms with Crippen molar-refractivity contribution in [3.05, 3.63) is 42.1 Å². The first-order chi connectivity index (χ1) is 14.1. The number of amides is 2. The highest BCUT2D eigenvalue weighted by molar-refractivity contribution is 5.92. The molecule has 0 aliphatic carbocycles. The molecular weight excluding hydrogens is 368 g/mol. The molecule has 2 amide bonds. The van der Waals surface area contributed by atoms with Crippen LogP contribution in [0.3, 0.4) is 0 Å². The van der Waals surface area contributed by atoms with E-state index in [0.29, 0.717) is 37.7 Å². The molecule has 0 saturated carbocycles. The van der Waals surface area contributed by atoms with Crippen LogP contribution in [0.4, 0.5) is 17.2 Å². The largest absolute Gasteiger partial charge is 0.372 e. The molecule has 1 N–H and O–H groups in total. The molecule has 3 heterocycles. The molecule has 2 fully saturated rings. The summed E-state index contributed by atoms with van der Waals surface area (Å²) in [6.07, 6.45) is 2.51. The van der Waals surface area contributed by atoms with Crippen LogP contribution in [0.25, 0.3) is 0 Å². The Morgan fingerprint density at radius 3 is 2.07 bits per heavy atom. The van der Waals surface area contributed by atoms with Gasteiger partial charge in [-0.1, -0.05) is 0 Å². The summed E-state index contributed by atoms with van der Waals surface area (Å²) in [5.41, 5.74) is 2.49. The fraction of sp³-hybridized carbons (Fsp3) is 0.429. The van der Waals surface area contributed by atoms with Crippen molar-refractivity contribution in [2.24, 2.45) is 0 Å². The molecule has 4 rings (SSSR count). The number of nitrogens with one attached hydrogen (secondary N) is 1. The van der Waals surface area contributed by atoms with E-state index in [9.17, 15) is 9.59 Å². The van der Waals surface area contributed by atoms with E-state index in [-0.39, 0.29) is 11.8 Å². The normalized spacial score (nSPS) is 16.8. The predicted molar refractivity (Wildman–Crippen MR) is 111 cm³/mol. The van der Waals surface area contributed by atoms with Gasteiger partial charge in [-0.15, -0.1) is 10.2 Å². The average Bonchev–Trinajstić information content (AvgIpc) is 3.29. The Labute approximate surface area is 170 Å². The number of anilines is 3. The van der Waals surface area contributed by atoms with Crippen LogP contribution in [-0.2, 0) is 4.79 Å². The smallest absolute Gasteiger partial charge is 0.274 e. The molecule has 1 aromatic carbocycles. The molecule has 8 heteroatoms. The van der Waals surface area contributed by atoms with E-state index in [2.05, 4.69) is 32.5 Å². The summed E-state index contributed by atoms with van der Waals surface area (Å²) >= 11 is 0. The van der Waals surface area contributed by atoms with Gasteiger partial charge in [0.15, 0.2) is 11.5 Å². The van der Waals surface area contributed by atoms with Gasteiger partial charge < -0.3 is 20.0 Å². The Bertz CT molecular complexity index is 854. The summed E-state index contributed by atoms with van der Waals surface area (Å²) in [5.74, 6) is 0.486. The highest BCUT2D eigenvalue weighted by atomic mass is 16.2. The van der Waals surface area contributed by atoms with E-state index in [0.717, 1.165) is 18.8 Å². The summed E-state index contributed by atoms with van der Waals surface area (Å²) in [5, 5.41) is 11.5. The number of carbonyl (C=O) groups excluding carboxylic acids is 2. The molecule has 29 heavy (non-hydrogen) atoms. The van der Waals surface area contributed by atoms with Crippen LogP contribution in [0.5, 0.6) is 0 Å². The van der Waals surface area contributed by atoms with Crippen LogP contribution in [0, 0.1) is 0 Å². The van der Waals surface area contributed by atoms with Gasteiger partial charge in [-0.05, 0) is 49.2 Å². The maximum atomic E-state index is 12.6. The van der Waals surface area contributed by atoms with Gasteiger partial charge in [-0.3, -0.25) is 9.59 Å². The number of carbonyl (C=O) groups is 2. The maximum Gasteiger partial charge on any atom is 0.274 e. The van der Waals surface area contributed by atoms with Crippen LogP contribution < -0.4 is 10.2 Å². The Balaban J connectivity index is 1.34. The third-order valence-electron chi connectivity index (χ3n) is 5.51. The van der Waals surface area contributed by atoms with Gasteiger partial charge in [0.25, 0.3) is 5.91 Å². The first-order valence-corrected chi connectivity index (χ1v) is 10.1. The van der Waals surface area contributed by atoms with Crippen LogP contribution in [0.1, 0.15) is 30.3 Å². The average molecular weight is 394 g/mol. The first kappa shape index (κ1) is 19.2. The zero-order chi connectivity index (χ0) is 20.2.